The first-order valence-corrected chi connectivity index (χ1v) is 9.30. The van der Waals surface area contributed by atoms with Gasteiger partial charge in [0.05, 0.1) is 29.7 Å². The fourth-order valence-electron chi connectivity index (χ4n) is 2.93. The van der Waals surface area contributed by atoms with Crippen molar-refractivity contribution in [3.63, 3.8) is 0 Å². The summed E-state index contributed by atoms with van der Waals surface area (Å²) in [6, 6.07) is 9.24. The highest BCUT2D eigenvalue weighted by atomic mass is 35.5. The minimum Gasteiger partial charge on any atom is -0.481 e. The molecule has 0 spiro atoms. The van der Waals surface area contributed by atoms with E-state index in [1.54, 1.807) is 42.7 Å². The number of aliphatic carboxylic acids is 1. The van der Waals surface area contributed by atoms with E-state index in [2.05, 4.69) is 25.5 Å². The number of rotatable bonds is 8. The first kappa shape index (κ1) is 22.8. The lowest BCUT2D eigenvalue weighted by atomic mass is 10.1. The number of nitrogens with zero attached hydrogens (tertiary/aromatic N) is 5. The molecule has 10 nitrogen and oxygen atoms in total. The number of nitrogens with one attached hydrogen (secondary N) is 1. The first-order chi connectivity index (χ1) is 15.0. The van der Waals surface area contributed by atoms with Gasteiger partial charge in [0.15, 0.2) is 5.82 Å². The summed E-state index contributed by atoms with van der Waals surface area (Å²) in [5.41, 5.74) is 8.27. The summed E-state index contributed by atoms with van der Waals surface area (Å²) < 4.78 is 21.4. The van der Waals surface area contributed by atoms with Crippen molar-refractivity contribution < 1.29 is 19.0 Å². The summed E-state index contributed by atoms with van der Waals surface area (Å²) in [6.45, 7) is 0. The zero-order chi connectivity index (χ0) is 21.8. The largest absolute Gasteiger partial charge is 0.481 e. The molecule has 32 heavy (non-hydrogen) atoms. The molecule has 1 aromatic carbocycles. The Kier molecular flexibility index (Phi) is 7.13. The van der Waals surface area contributed by atoms with Crippen LogP contribution in [0.15, 0.2) is 55.0 Å². The Balaban J connectivity index is 0.00000289. The Morgan fingerprint density at radius 3 is 2.72 bits per heavy atom. The van der Waals surface area contributed by atoms with Crippen LogP contribution in [-0.2, 0) is 11.2 Å². The molecule has 0 saturated heterocycles. The minimum atomic E-state index is -0.961. The predicted octanol–water partition coefficient (Wildman–Crippen LogP) is 2.75. The van der Waals surface area contributed by atoms with E-state index < -0.39 is 17.8 Å². The fourth-order valence-corrected chi connectivity index (χ4v) is 2.93. The number of pyridine rings is 1. The van der Waals surface area contributed by atoms with E-state index >= 15 is 0 Å². The Morgan fingerprint density at radius 1 is 1.28 bits per heavy atom. The van der Waals surface area contributed by atoms with E-state index in [0.29, 0.717) is 34.8 Å². The number of carboxylic acid groups (broad SMARTS) is 1. The van der Waals surface area contributed by atoms with E-state index in [1.165, 1.54) is 16.9 Å². The van der Waals surface area contributed by atoms with Crippen molar-refractivity contribution in [2.45, 2.75) is 18.9 Å². The molecule has 4 aromatic rings. The van der Waals surface area contributed by atoms with Crippen LogP contribution in [0, 0.1) is 5.82 Å². The Labute approximate surface area is 187 Å². The van der Waals surface area contributed by atoms with Crippen LogP contribution in [-0.4, -0.2) is 47.3 Å². The Hall–Kier alpha value is -3.83. The summed E-state index contributed by atoms with van der Waals surface area (Å²) in [5, 5.41) is 23.4. The molecule has 0 radical (unpaired) electrons. The summed E-state index contributed by atoms with van der Waals surface area (Å²) in [6.07, 6.45) is 4.89. The average molecular weight is 460 g/mol. The molecule has 0 amide bonds. The molecule has 4 rings (SSSR count). The van der Waals surface area contributed by atoms with Crippen molar-refractivity contribution in [3.8, 4) is 28.6 Å². The molecule has 12 heteroatoms. The summed E-state index contributed by atoms with van der Waals surface area (Å²) in [4.78, 5) is 14.8. The van der Waals surface area contributed by atoms with Crippen LogP contribution in [0.3, 0.4) is 0 Å². The standard InChI is InChI=1S/C20H18FN7O3.ClH/c21-17-7-12(18-5-6-24-26-18)10-23-20(17)31-16-3-1-15(2-4-16)28-11-14(25-27-28)8-13(22)9-19(29)30;/h1-7,10-11,13H,8-9,22H2,(H,24,26)(H,29,30);1H. The molecule has 0 bridgehead atoms. The van der Waals surface area contributed by atoms with Gasteiger partial charge in [-0.05, 0) is 36.4 Å². The Bertz CT molecular complexity index is 1180. The van der Waals surface area contributed by atoms with Crippen molar-refractivity contribution in [2.24, 2.45) is 5.73 Å². The van der Waals surface area contributed by atoms with E-state index in [0.717, 1.165) is 0 Å². The van der Waals surface area contributed by atoms with Crippen molar-refractivity contribution in [3.05, 3.63) is 66.5 Å². The van der Waals surface area contributed by atoms with Crippen LogP contribution in [0.2, 0.25) is 0 Å². The second-order valence-corrected chi connectivity index (χ2v) is 6.79. The van der Waals surface area contributed by atoms with Gasteiger partial charge in [0, 0.05) is 30.4 Å². The van der Waals surface area contributed by atoms with E-state index in [4.69, 9.17) is 15.6 Å². The molecule has 3 aromatic heterocycles. The lowest BCUT2D eigenvalue weighted by Gasteiger charge is -2.08. The second kappa shape index (κ2) is 9.98. The third-order valence-corrected chi connectivity index (χ3v) is 4.38. The van der Waals surface area contributed by atoms with E-state index in [9.17, 15) is 9.18 Å². The molecular weight excluding hydrogens is 441 g/mol. The predicted molar refractivity (Wildman–Crippen MR) is 114 cm³/mol. The number of H-pyrrole nitrogens is 1. The quantitative estimate of drug-likeness (QED) is 0.364. The van der Waals surface area contributed by atoms with Gasteiger partial charge in [-0.25, -0.2) is 14.1 Å². The zero-order valence-electron chi connectivity index (χ0n) is 16.6. The van der Waals surface area contributed by atoms with Gasteiger partial charge in [0.1, 0.15) is 5.75 Å². The van der Waals surface area contributed by atoms with E-state index in [1.807, 2.05) is 0 Å². The van der Waals surface area contributed by atoms with Crippen LogP contribution < -0.4 is 10.5 Å². The molecule has 3 heterocycles. The van der Waals surface area contributed by atoms with Gasteiger partial charge < -0.3 is 15.6 Å². The van der Waals surface area contributed by atoms with Gasteiger partial charge >= 0.3 is 5.97 Å². The van der Waals surface area contributed by atoms with Crippen LogP contribution in [0.4, 0.5) is 4.39 Å². The van der Waals surface area contributed by atoms with Gasteiger partial charge in [-0.1, -0.05) is 5.21 Å². The van der Waals surface area contributed by atoms with Gasteiger partial charge in [-0.3, -0.25) is 9.89 Å². The smallest absolute Gasteiger partial charge is 0.304 e. The fraction of sp³-hybridized carbons (Fsp3) is 0.150. The molecule has 0 aliphatic rings. The SMILES string of the molecule is Cl.NC(CC(=O)O)Cc1cn(-c2ccc(Oc3ncc(-c4ccn[nH]4)cc3F)cc2)nn1. The maximum atomic E-state index is 14.4. The Morgan fingerprint density at radius 2 is 2.06 bits per heavy atom. The number of carboxylic acids is 1. The zero-order valence-corrected chi connectivity index (χ0v) is 17.4. The van der Waals surface area contributed by atoms with Gasteiger partial charge in [-0.15, -0.1) is 17.5 Å². The topological polar surface area (TPSA) is 145 Å². The van der Waals surface area contributed by atoms with Crippen molar-refractivity contribution >= 4 is 18.4 Å². The molecule has 0 aliphatic heterocycles. The highest BCUT2D eigenvalue weighted by molar-refractivity contribution is 5.85. The van der Waals surface area contributed by atoms with Gasteiger partial charge in [0.25, 0.3) is 5.88 Å². The molecular formula is C20H19ClFN7O3. The number of halogens is 2. The number of aromatic amines is 1. The number of aromatic nitrogens is 6. The van der Waals surface area contributed by atoms with Crippen molar-refractivity contribution in [2.75, 3.05) is 0 Å². The first-order valence-electron chi connectivity index (χ1n) is 9.30. The molecule has 166 valence electrons. The van der Waals surface area contributed by atoms with Crippen LogP contribution in [0.25, 0.3) is 16.9 Å². The van der Waals surface area contributed by atoms with Crippen molar-refractivity contribution in [1.82, 2.24) is 30.2 Å². The maximum absolute atomic E-state index is 14.4. The second-order valence-electron chi connectivity index (χ2n) is 6.79. The van der Waals surface area contributed by atoms with Crippen molar-refractivity contribution in [1.29, 1.82) is 0 Å². The van der Waals surface area contributed by atoms with Crippen LogP contribution in [0.5, 0.6) is 11.6 Å². The van der Waals surface area contributed by atoms with Gasteiger partial charge in [0.2, 0.25) is 0 Å². The summed E-state index contributed by atoms with van der Waals surface area (Å²) in [5.74, 6) is -1.31. The minimum absolute atomic E-state index is 0. The molecule has 4 N–H and O–H groups in total. The average Bonchev–Trinajstić information content (AvgIpc) is 3.42. The number of hydrogen-bond donors (Lipinski definition) is 3. The molecule has 0 aliphatic carbocycles. The van der Waals surface area contributed by atoms with Crippen LogP contribution in [0.1, 0.15) is 12.1 Å². The summed E-state index contributed by atoms with van der Waals surface area (Å²) >= 11 is 0. The monoisotopic (exact) mass is 459 g/mol. The molecule has 1 unspecified atom stereocenters. The third-order valence-electron chi connectivity index (χ3n) is 4.38. The number of ether oxygens (including phenoxy) is 1. The third kappa shape index (κ3) is 5.45. The van der Waals surface area contributed by atoms with E-state index in [-0.39, 0.29) is 24.7 Å². The lowest BCUT2D eigenvalue weighted by Crippen LogP contribution is -2.26. The highest BCUT2D eigenvalue weighted by Crippen LogP contribution is 2.26. The molecule has 1 atom stereocenters. The number of nitrogens with two attached hydrogens (primary N) is 1. The summed E-state index contributed by atoms with van der Waals surface area (Å²) in [7, 11) is 0. The number of hydrogen-bond acceptors (Lipinski definition) is 7. The molecule has 0 saturated carbocycles. The number of benzene rings is 1. The maximum Gasteiger partial charge on any atom is 0.304 e. The highest BCUT2D eigenvalue weighted by Gasteiger charge is 2.13. The lowest BCUT2D eigenvalue weighted by molar-refractivity contribution is -0.137. The normalized spacial score (nSPS) is 11.6. The van der Waals surface area contributed by atoms with Gasteiger partial charge in [-0.2, -0.15) is 5.10 Å². The molecule has 0 fully saturated rings. The number of carbonyl (C=O) groups is 1. The van der Waals surface area contributed by atoms with Crippen LogP contribution >= 0.6 is 12.4 Å².